The molecule has 0 bridgehead atoms. The number of imidazole rings is 1. The average Bonchev–Trinajstić information content (AvgIpc) is 2.94. The lowest BCUT2D eigenvalue weighted by Gasteiger charge is -2.21. The number of hydrogen-bond donors (Lipinski definition) is 1. The van der Waals surface area contributed by atoms with Gasteiger partial charge in [-0.25, -0.2) is 4.98 Å². The van der Waals surface area contributed by atoms with Gasteiger partial charge in [-0.2, -0.15) is 0 Å². The van der Waals surface area contributed by atoms with Crippen LogP contribution in [0.1, 0.15) is 24.6 Å². The van der Waals surface area contributed by atoms with Crippen LogP contribution in [-0.2, 0) is 4.74 Å². The molecule has 0 atom stereocenters. The minimum atomic E-state index is -0.0884. The highest BCUT2D eigenvalue weighted by Gasteiger charge is 2.22. The fourth-order valence-electron chi connectivity index (χ4n) is 2.98. The second kappa shape index (κ2) is 4.45. The molecule has 1 fully saturated rings. The molecule has 0 unspecified atom stereocenters. The van der Waals surface area contributed by atoms with E-state index in [-0.39, 0.29) is 5.56 Å². The highest BCUT2D eigenvalue weighted by Crippen LogP contribution is 2.27. The van der Waals surface area contributed by atoms with Crippen LogP contribution < -0.4 is 5.56 Å². The van der Waals surface area contributed by atoms with Crippen molar-refractivity contribution in [1.29, 1.82) is 0 Å². The standard InChI is InChI=1S/C15H15N3O2/c19-15-13-9-16-14(10-5-7-20-8-6-10)18(13)12-4-2-1-3-11(12)17-15/h1-4,9-10H,5-8H2,(H,17,19). The monoisotopic (exact) mass is 269 g/mol. The molecule has 1 aromatic carbocycles. The molecule has 0 saturated carbocycles. The average molecular weight is 269 g/mol. The van der Waals surface area contributed by atoms with Gasteiger partial charge in [0.05, 0.1) is 17.2 Å². The number of para-hydroxylation sites is 2. The van der Waals surface area contributed by atoms with Crippen molar-refractivity contribution < 1.29 is 4.74 Å². The molecule has 0 aliphatic carbocycles. The summed E-state index contributed by atoms with van der Waals surface area (Å²) in [5.74, 6) is 1.34. The SMILES string of the molecule is O=c1[nH]c2ccccc2n2c(C3CCOCC3)ncc12. The summed E-state index contributed by atoms with van der Waals surface area (Å²) in [5.41, 5.74) is 2.37. The third-order valence-electron chi connectivity index (χ3n) is 4.00. The maximum Gasteiger partial charge on any atom is 0.274 e. The van der Waals surface area contributed by atoms with E-state index >= 15 is 0 Å². The van der Waals surface area contributed by atoms with Crippen molar-refractivity contribution >= 4 is 16.6 Å². The number of hydrogen-bond acceptors (Lipinski definition) is 3. The third kappa shape index (κ3) is 1.67. The molecule has 1 saturated heterocycles. The molecular formula is C15H15N3O2. The Bertz CT molecular complexity index is 828. The quantitative estimate of drug-likeness (QED) is 0.735. The Morgan fingerprint density at radius 1 is 1.20 bits per heavy atom. The first kappa shape index (κ1) is 11.7. The summed E-state index contributed by atoms with van der Waals surface area (Å²) in [6.45, 7) is 1.53. The van der Waals surface area contributed by atoms with E-state index in [9.17, 15) is 4.79 Å². The summed E-state index contributed by atoms with van der Waals surface area (Å²) in [5, 5.41) is 0. The van der Waals surface area contributed by atoms with Gasteiger partial charge in [-0.3, -0.25) is 9.20 Å². The third-order valence-corrected chi connectivity index (χ3v) is 4.00. The lowest BCUT2D eigenvalue weighted by molar-refractivity contribution is 0.0835. The second-order valence-corrected chi connectivity index (χ2v) is 5.19. The van der Waals surface area contributed by atoms with Crippen molar-refractivity contribution in [3.05, 3.63) is 46.6 Å². The van der Waals surface area contributed by atoms with Crippen LogP contribution >= 0.6 is 0 Å². The zero-order valence-electron chi connectivity index (χ0n) is 11.0. The second-order valence-electron chi connectivity index (χ2n) is 5.19. The summed E-state index contributed by atoms with van der Waals surface area (Å²) in [6, 6.07) is 7.84. The number of nitrogens with one attached hydrogen (secondary N) is 1. The molecule has 1 aliphatic heterocycles. The van der Waals surface area contributed by atoms with E-state index in [1.165, 1.54) is 0 Å². The van der Waals surface area contributed by atoms with Gasteiger partial charge in [0.25, 0.3) is 5.56 Å². The number of aromatic amines is 1. The van der Waals surface area contributed by atoms with Gasteiger partial charge in [0, 0.05) is 19.1 Å². The molecule has 2 aromatic heterocycles. The van der Waals surface area contributed by atoms with Gasteiger partial charge in [0.1, 0.15) is 11.3 Å². The Kier molecular flexibility index (Phi) is 2.60. The Balaban J connectivity index is 2.04. The summed E-state index contributed by atoms with van der Waals surface area (Å²) >= 11 is 0. The van der Waals surface area contributed by atoms with Gasteiger partial charge in [0.15, 0.2) is 0 Å². The van der Waals surface area contributed by atoms with Crippen LogP contribution in [0.4, 0.5) is 0 Å². The molecule has 5 nitrogen and oxygen atoms in total. The minimum Gasteiger partial charge on any atom is -0.381 e. The first-order valence-corrected chi connectivity index (χ1v) is 6.91. The lowest BCUT2D eigenvalue weighted by atomic mass is 9.99. The number of benzene rings is 1. The molecule has 5 heteroatoms. The van der Waals surface area contributed by atoms with Crippen molar-refractivity contribution in [2.45, 2.75) is 18.8 Å². The molecule has 102 valence electrons. The molecule has 3 heterocycles. The molecule has 1 aliphatic rings. The van der Waals surface area contributed by atoms with E-state index in [0.29, 0.717) is 11.4 Å². The fourth-order valence-corrected chi connectivity index (χ4v) is 2.98. The summed E-state index contributed by atoms with van der Waals surface area (Å²) in [6.07, 6.45) is 3.59. The predicted molar refractivity (Wildman–Crippen MR) is 76.1 cm³/mol. The van der Waals surface area contributed by atoms with Crippen molar-refractivity contribution in [2.75, 3.05) is 13.2 Å². The van der Waals surface area contributed by atoms with Gasteiger partial charge in [0.2, 0.25) is 0 Å². The first-order valence-electron chi connectivity index (χ1n) is 6.91. The van der Waals surface area contributed by atoms with Crippen LogP contribution in [0.2, 0.25) is 0 Å². The Hall–Kier alpha value is -2.14. The van der Waals surface area contributed by atoms with Crippen LogP contribution in [-0.4, -0.2) is 27.6 Å². The van der Waals surface area contributed by atoms with Crippen molar-refractivity contribution in [2.24, 2.45) is 0 Å². The predicted octanol–water partition coefficient (Wildman–Crippen LogP) is 2.07. The van der Waals surface area contributed by atoms with E-state index in [0.717, 1.165) is 42.9 Å². The molecular weight excluding hydrogens is 254 g/mol. The number of H-pyrrole nitrogens is 1. The zero-order chi connectivity index (χ0) is 13.5. The molecule has 4 rings (SSSR count). The summed E-state index contributed by atoms with van der Waals surface area (Å²) in [7, 11) is 0. The molecule has 0 spiro atoms. The first-order chi connectivity index (χ1) is 9.84. The fraction of sp³-hybridized carbons (Fsp3) is 0.333. The van der Waals surface area contributed by atoms with E-state index in [1.807, 2.05) is 28.7 Å². The number of rotatable bonds is 1. The normalized spacial score (nSPS) is 17.0. The van der Waals surface area contributed by atoms with E-state index < -0.39 is 0 Å². The summed E-state index contributed by atoms with van der Waals surface area (Å²) in [4.78, 5) is 19.6. The highest BCUT2D eigenvalue weighted by atomic mass is 16.5. The van der Waals surface area contributed by atoms with Crippen LogP contribution in [0.25, 0.3) is 16.6 Å². The minimum absolute atomic E-state index is 0.0884. The smallest absolute Gasteiger partial charge is 0.274 e. The van der Waals surface area contributed by atoms with Gasteiger partial charge in [-0.05, 0) is 25.0 Å². The molecule has 1 N–H and O–H groups in total. The topological polar surface area (TPSA) is 59.4 Å². The van der Waals surface area contributed by atoms with Gasteiger partial charge < -0.3 is 9.72 Å². The molecule has 0 radical (unpaired) electrons. The number of ether oxygens (including phenoxy) is 1. The van der Waals surface area contributed by atoms with E-state index in [1.54, 1.807) is 6.20 Å². The summed E-state index contributed by atoms with van der Waals surface area (Å²) < 4.78 is 7.42. The van der Waals surface area contributed by atoms with Crippen molar-refractivity contribution in [1.82, 2.24) is 14.4 Å². The van der Waals surface area contributed by atoms with Crippen LogP contribution in [0.5, 0.6) is 0 Å². The Morgan fingerprint density at radius 2 is 2.00 bits per heavy atom. The van der Waals surface area contributed by atoms with E-state index in [4.69, 9.17) is 4.74 Å². The van der Waals surface area contributed by atoms with Crippen molar-refractivity contribution in [3.8, 4) is 0 Å². The number of aromatic nitrogens is 3. The Labute approximate surface area is 115 Å². The van der Waals surface area contributed by atoms with Gasteiger partial charge in [-0.15, -0.1) is 0 Å². The number of fused-ring (bicyclic) bond motifs is 3. The van der Waals surface area contributed by atoms with Crippen LogP contribution in [0, 0.1) is 0 Å². The maximum atomic E-state index is 12.1. The molecule has 20 heavy (non-hydrogen) atoms. The Morgan fingerprint density at radius 3 is 2.85 bits per heavy atom. The van der Waals surface area contributed by atoms with Crippen LogP contribution in [0.15, 0.2) is 35.3 Å². The number of nitrogens with zero attached hydrogens (tertiary/aromatic N) is 2. The largest absolute Gasteiger partial charge is 0.381 e. The highest BCUT2D eigenvalue weighted by molar-refractivity contribution is 5.78. The maximum absolute atomic E-state index is 12.1. The molecule has 0 amide bonds. The molecule has 3 aromatic rings. The van der Waals surface area contributed by atoms with Crippen LogP contribution in [0.3, 0.4) is 0 Å². The van der Waals surface area contributed by atoms with Gasteiger partial charge >= 0.3 is 0 Å². The van der Waals surface area contributed by atoms with E-state index in [2.05, 4.69) is 9.97 Å². The lowest BCUT2D eigenvalue weighted by Crippen LogP contribution is -2.18. The van der Waals surface area contributed by atoms with Gasteiger partial charge in [-0.1, -0.05) is 12.1 Å². The zero-order valence-corrected chi connectivity index (χ0v) is 11.0. The van der Waals surface area contributed by atoms with Crippen molar-refractivity contribution in [3.63, 3.8) is 0 Å².